The van der Waals surface area contributed by atoms with Gasteiger partial charge >= 0.3 is 6.03 Å². The standard InChI is InChI=1S/C17H17N3O2/c1-11(2)18-17(21)19-13-9-7-12(8-10-13)16-20-14-5-3-4-6-15(14)22-16/h3-11H,1-2H3,(H2,18,19,21). The number of anilines is 1. The monoisotopic (exact) mass is 295 g/mol. The van der Waals surface area contributed by atoms with Gasteiger partial charge in [0.25, 0.3) is 0 Å². The summed E-state index contributed by atoms with van der Waals surface area (Å²) in [6.07, 6.45) is 0. The topological polar surface area (TPSA) is 67.2 Å². The molecule has 22 heavy (non-hydrogen) atoms. The molecule has 2 N–H and O–H groups in total. The van der Waals surface area contributed by atoms with Crippen LogP contribution in [0.4, 0.5) is 10.5 Å². The molecule has 2 amide bonds. The van der Waals surface area contributed by atoms with Crippen molar-refractivity contribution in [2.75, 3.05) is 5.32 Å². The Kier molecular flexibility index (Phi) is 3.78. The van der Waals surface area contributed by atoms with Crippen molar-refractivity contribution < 1.29 is 9.21 Å². The predicted molar refractivity (Wildman–Crippen MR) is 86.7 cm³/mol. The molecule has 0 aliphatic carbocycles. The Morgan fingerprint density at radius 1 is 1.09 bits per heavy atom. The Morgan fingerprint density at radius 2 is 1.82 bits per heavy atom. The van der Waals surface area contributed by atoms with E-state index < -0.39 is 0 Å². The lowest BCUT2D eigenvalue weighted by Crippen LogP contribution is -2.34. The zero-order chi connectivity index (χ0) is 15.5. The number of nitrogens with zero attached hydrogens (tertiary/aromatic N) is 1. The number of nitrogens with one attached hydrogen (secondary N) is 2. The van der Waals surface area contributed by atoms with E-state index in [0.29, 0.717) is 5.89 Å². The van der Waals surface area contributed by atoms with Gasteiger partial charge in [0, 0.05) is 17.3 Å². The number of benzene rings is 2. The van der Waals surface area contributed by atoms with Crippen LogP contribution in [0.3, 0.4) is 0 Å². The van der Waals surface area contributed by atoms with Gasteiger partial charge in [-0.15, -0.1) is 0 Å². The van der Waals surface area contributed by atoms with Crippen molar-refractivity contribution >= 4 is 22.8 Å². The summed E-state index contributed by atoms with van der Waals surface area (Å²) in [6.45, 7) is 3.83. The highest BCUT2D eigenvalue weighted by atomic mass is 16.3. The number of carbonyl (C=O) groups is 1. The molecule has 0 bridgehead atoms. The highest BCUT2D eigenvalue weighted by Crippen LogP contribution is 2.25. The van der Waals surface area contributed by atoms with Crippen LogP contribution >= 0.6 is 0 Å². The van der Waals surface area contributed by atoms with E-state index >= 15 is 0 Å². The minimum atomic E-state index is -0.218. The maximum absolute atomic E-state index is 11.6. The lowest BCUT2D eigenvalue weighted by molar-refractivity contribution is 0.250. The van der Waals surface area contributed by atoms with Crippen LogP contribution in [0, 0.1) is 0 Å². The van der Waals surface area contributed by atoms with Crippen LogP contribution in [0.2, 0.25) is 0 Å². The van der Waals surface area contributed by atoms with Crippen LogP contribution in [0.5, 0.6) is 0 Å². The summed E-state index contributed by atoms with van der Waals surface area (Å²) in [6, 6.07) is 14.9. The van der Waals surface area contributed by atoms with Gasteiger partial charge < -0.3 is 15.1 Å². The first kappa shape index (κ1) is 14.1. The Labute approximate surface area is 128 Å². The van der Waals surface area contributed by atoms with Gasteiger partial charge in [-0.2, -0.15) is 0 Å². The number of hydrogen-bond acceptors (Lipinski definition) is 3. The quantitative estimate of drug-likeness (QED) is 0.766. The number of hydrogen-bond donors (Lipinski definition) is 2. The molecule has 1 heterocycles. The average molecular weight is 295 g/mol. The van der Waals surface area contributed by atoms with Gasteiger partial charge in [0.15, 0.2) is 5.58 Å². The highest BCUT2D eigenvalue weighted by molar-refractivity contribution is 5.89. The number of amides is 2. The smallest absolute Gasteiger partial charge is 0.319 e. The average Bonchev–Trinajstić information content (AvgIpc) is 2.91. The largest absolute Gasteiger partial charge is 0.436 e. The zero-order valence-electron chi connectivity index (χ0n) is 12.5. The van der Waals surface area contributed by atoms with Gasteiger partial charge in [0.05, 0.1) is 0 Å². The normalized spacial score (nSPS) is 10.9. The summed E-state index contributed by atoms with van der Waals surface area (Å²) < 4.78 is 5.72. The van der Waals surface area contributed by atoms with E-state index in [0.717, 1.165) is 22.4 Å². The molecule has 0 saturated heterocycles. The minimum Gasteiger partial charge on any atom is -0.436 e. The summed E-state index contributed by atoms with van der Waals surface area (Å²) in [5.74, 6) is 0.569. The first-order chi connectivity index (χ1) is 10.6. The maximum atomic E-state index is 11.6. The third-order valence-corrected chi connectivity index (χ3v) is 3.10. The molecule has 0 spiro atoms. The molecule has 0 atom stereocenters. The zero-order valence-corrected chi connectivity index (χ0v) is 12.5. The van der Waals surface area contributed by atoms with Crippen LogP contribution in [0.25, 0.3) is 22.6 Å². The minimum absolute atomic E-state index is 0.0963. The molecular weight excluding hydrogens is 278 g/mol. The second kappa shape index (κ2) is 5.89. The van der Waals surface area contributed by atoms with Gasteiger partial charge in [0.1, 0.15) is 5.52 Å². The number of carbonyl (C=O) groups excluding carboxylic acids is 1. The fourth-order valence-electron chi connectivity index (χ4n) is 2.12. The first-order valence-electron chi connectivity index (χ1n) is 7.15. The third-order valence-electron chi connectivity index (χ3n) is 3.10. The van der Waals surface area contributed by atoms with Crippen LogP contribution in [0.15, 0.2) is 52.9 Å². The molecule has 5 heteroatoms. The molecule has 0 aliphatic rings. The number of para-hydroxylation sites is 2. The molecule has 0 saturated carbocycles. The molecule has 112 valence electrons. The van der Waals surface area contributed by atoms with E-state index in [1.54, 1.807) is 0 Å². The summed E-state index contributed by atoms with van der Waals surface area (Å²) in [7, 11) is 0. The summed E-state index contributed by atoms with van der Waals surface area (Å²) in [5, 5.41) is 5.55. The van der Waals surface area contributed by atoms with Gasteiger partial charge in [0.2, 0.25) is 5.89 Å². The van der Waals surface area contributed by atoms with Gasteiger partial charge in [-0.3, -0.25) is 0 Å². The van der Waals surface area contributed by atoms with E-state index in [1.165, 1.54) is 0 Å². The van der Waals surface area contributed by atoms with Crippen LogP contribution < -0.4 is 10.6 Å². The number of urea groups is 1. The van der Waals surface area contributed by atoms with E-state index in [2.05, 4.69) is 15.6 Å². The molecular formula is C17H17N3O2. The van der Waals surface area contributed by atoms with Crippen LogP contribution in [-0.4, -0.2) is 17.1 Å². The van der Waals surface area contributed by atoms with Crippen molar-refractivity contribution in [3.63, 3.8) is 0 Å². The Bertz CT molecular complexity index is 758. The highest BCUT2D eigenvalue weighted by Gasteiger charge is 2.08. The Balaban J connectivity index is 1.77. The molecule has 3 aromatic rings. The predicted octanol–water partition coefficient (Wildman–Crippen LogP) is 4.02. The second-order valence-electron chi connectivity index (χ2n) is 5.32. The molecule has 3 rings (SSSR count). The van der Waals surface area contributed by atoms with Crippen molar-refractivity contribution in [2.24, 2.45) is 0 Å². The molecule has 5 nitrogen and oxygen atoms in total. The first-order valence-corrected chi connectivity index (χ1v) is 7.15. The van der Waals surface area contributed by atoms with Crippen molar-refractivity contribution in [2.45, 2.75) is 19.9 Å². The molecule has 0 aliphatic heterocycles. The van der Waals surface area contributed by atoms with Crippen molar-refractivity contribution in [1.29, 1.82) is 0 Å². The van der Waals surface area contributed by atoms with Crippen molar-refractivity contribution in [3.05, 3.63) is 48.5 Å². The van der Waals surface area contributed by atoms with E-state index in [1.807, 2.05) is 62.4 Å². The van der Waals surface area contributed by atoms with Gasteiger partial charge in [-0.1, -0.05) is 12.1 Å². The fourth-order valence-corrected chi connectivity index (χ4v) is 2.12. The molecule has 0 unspecified atom stereocenters. The number of rotatable bonds is 3. The summed E-state index contributed by atoms with van der Waals surface area (Å²) in [5.41, 5.74) is 3.18. The molecule has 0 fully saturated rings. The summed E-state index contributed by atoms with van der Waals surface area (Å²) >= 11 is 0. The Hall–Kier alpha value is -2.82. The lowest BCUT2D eigenvalue weighted by atomic mass is 10.2. The van der Waals surface area contributed by atoms with Crippen molar-refractivity contribution in [3.8, 4) is 11.5 Å². The fraction of sp³-hybridized carbons (Fsp3) is 0.176. The maximum Gasteiger partial charge on any atom is 0.319 e. The number of oxazole rings is 1. The van der Waals surface area contributed by atoms with E-state index in [4.69, 9.17) is 4.42 Å². The van der Waals surface area contributed by atoms with Gasteiger partial charge in [-0.25, -0.2) is 9.78 Å². The molecule has 2 aromatic carbocycles. The second-order valence-corrected chi connectivity index (χ2v) is 5.32. The Morgan fingerprint density at radius 3 is 2.50 bits per heavy atom. The lowest BCUT2D eigenvalue weighted by Gasteiger charge is -2.10. The molecule has 0 radical (unpaired) electrons. The van der Waals surface area contributed by atoms with E-state index in [-0.39, 0.29) is 12.1 Å². The third kappa shape index (κ3) is 3.09. The van der Waals surface area contributed by atoms with E-state index in [9.17, 15) is 4.79 Å². The number of aromatic nitrogens is 1. The summed E-state index contributed by atoms with van der Waals surface area (Å²) in [4.78, 5) is 16.1. The van der Waals surface area contributed by atoms with Crippen LogP contribution in [0.1, 0.15) is 13.8 Å². The number of fused-ring (bicyclic) bond motifs is 1. The van der Waals surface area contributed by atoms with Gasteiger partial charge in [-0.05, 0) is 50.2 Å². The van der Waals surface area contributed by atoms with Crippen molar-refractivity contribution in [1.82, 2.24) is 10.3 Å². The molecule has 1 aromatic heterocycles. The van der Waals surface area contributed by atoms with Crippen LogP contribution in [-0.2, 0) is 0 Å². The SMILES string of the molecule is CC(C)NC(=O)Nc1ccc(-c2nc3ccccc3o2)cc1.